The molecule has 0 aromatic heterocycles. The zero-order chi connectivity index (χ0) is 18.3. The van der Waals surface area contributed by atoms with Gasteiger partial charge in [0.1, 0.15) is 11.5 Å². The minimum absolute atomic E-state index is 0.173. The Balaban J connectivity index is 2.84. The Labute approximate surface area is 140 Å². The monoisotopic (exact) mass is 338 g/mol. The van der Waals surface area contributed by atoms with E-state index in [1.165, 1.54) is 33.3 Å². The van der Waals surface area contributed by atoms with Crippen molar-refractivity contribution in [2.75, 3.05) is 20.8 Å². The van der Waals surface area contributed by atoms with Crippen molar-refractivity contribution < 1.29 is 28.6 Å². The molecule has 1 rings (SSSR count). The zero-order valence-electron chi connectivity index (χ0n) is 14.4. The van der Waals surface area contributed by atoms with Crippen LogP contribution in [0.2, 0.25) is 0 Å². The number of urea groups is 1. The molecule has 0 radical (unpaired) electrons. The van der Waals surface area contributed by atoms with Crippen LogP contribution >= 0.6 is 0 Å². The second-order valence-electron chi connectivity index (χ2n) is 4.90. The van der Waals surface area contributed by atoms with Crippen LogP contribution in [-0.4, -0.2) is 44.8 Å². The highest BCUT2D eigenvalue weighted by atomic mass is 16.5. The number of ether oxygens (including phenoxy) is 3. The minimum Gasteiger partial charge on any atom is -0.496 e. The van der Waals surface area contributed by atoms with Gasteiger partial charge in [0.05, 0.1) is 19.8 Å². The lowest BCUT2D eigenvalue weighted by molar-refractivity contribution is -0.127. The molecule has 2 N–H and O–H groups in total. The van der Waals surface area contributed by atoms with Gasteiger partial charge >= 0.3 is 12.0 Å². The van der Waals surface area contributed by atoms with Crippen LogP contribution in [0.4, 0.5) is 4.79 Å². The van der Waals surface area contributed by atoms with Gasteiger partial charge in [-0.2, -0.15) is 0 Å². The molecule has 0 heterocycles. The molecule has 8 heteroatoms. The maximum atomic E-state index is 12.2. The molecule has 3 amide bonds. The summed E-state index contributed by atoms with van der Waals surface area (Å²) >= 11 is 0. The summed E-state index contributed by atoms with van der Waals surface area (Å²) < 4.78 is 15.5. The van der Waals surface area contributed by atoms with Crippen LogP contribution in [0, 0.1) is 6.92 Å². The van der Waals surface area contributed by atoms with Crippen LogP contribution in [0.15, 0.2) is 12.1 Å². The predicted octanol–water partition coefficient (Wildman–Crippen LogP) is 1.40. The first-order valence-corrected chi connectivity index (χ1v) is 7.36. The summed E-state index contributed by atoms with van der Waals surface area (Å²) in [5, 5.41) is 4.48. The molecule has 0 bridgehead atoms. The maximum absolute atomic E-state index is 12.2. The van der Waals surface area contributed by atoms with E-state index in [1.807, 2.05) is 0 Å². The molecule has 0 fully saturated rings. The normalized spacial score (nSPS) is 11.2. The van der Waals surface area contributed by atoms with E-state index >= 15 is 0 Å². The second-order valence-corrected chi connectivity index (χ2v) is 4.90. The Kier molecular flexibility index (Phi) is 7.03. The molecule has 1 atom stereocenters. The highest BCUT2D eigenvalue weighted by Gasteiger charge is 2.22. The maximum Gasteiger partial charge on any atom is 0.339 e. The van der Waals surface area contributed by atoms with Gasteiger partial charge in [0.2, 0.25) is 0 Å². The van der Waals surface area contributed by atoms with Crippen molar-refractivity contribution in [1.29, 1.82) is 0 Å². The number of rotatable bonds is 6. The molecule has 132 valence electrons. The number of carbonyl (C=O) groups excluding carboxylic acids is 3. The summed E-state index contributed by atoms with van der Waals surface area (Å²) in [7, 11) is 2.94. The lowest BCUT2D eigenvalue weighted by Gasteiger charge is -2.15. The number of hydrogen-bond donors (Lipinski definition) is 2. The largest absolute Gasteiger partial charge is 0.496 e. The quantitative estimate of drug-likeness (QED) is 0.760. The molecule has 0 aliphatic carbocycles. The number of methoxy groups -OCH3 is 2. The molecule has 0 unspecified atom stereocenters. The SMILES string of the molecule is CCNC(=O)NC(=O)[C@@H](C)OC(=O)c1cc(OC)c(C)c(OC)c1. The van der Waals surface area contributed by atoms with Crippen LogP contribution in [0.25, 0.3) is 0 Å². The van der Waals surface area contributed by atoms with Crippen LogP contribution in [0.3, 0.4) is 0 Å². The molecule has 0 saturated carbocycles. The van der Waals surface area contributed by atoms with Crippen molar-refractivity contribution in [3.05, 3.63) is 23.3 Å². The van der Waals surface area contributed by atoms with Gasteiger partial charge in [0, 0.05) is 12.1 Å². The van der Waals surface area contributed by atoms with E-state index in [4.69, 9.17) is 14.2 Å². The molecule has 0 saturated heterocycles. The number of esters is 1. The van der Waals surface area contributed by atoms with Gasteiger partial charge in [-0.05, 0) is 32.9 Å². The lowest BCUT2D eigenvalue weighted by atomic mass is 10.1. The summed E-state index contributed by atoms with van der Waals surface area (Å²) in [5.74, 6) is -0.535. The Morgan fingerprint density at radius 1 is 1.12 bits per heavy atom. The van der Waals surface area contributed by atoms with Crippen molar-refractivity contribution in [2.24, 2.45) is 0 Å². The molecule has 1 aromatic carbocycles. The summed E-state index contributed by atoms with van der Waals surface area (Å²) in [6.45, 7) is 5.24. The lowest BCUT2D eigenvalue weighted by Crippen LogP contribution is -2.44. The van der Waals surface area contributed by atoms with Crippen molar-refractivity contribution in [3.8, 4) is 11.5 Å². The molecule has 0 aliphatic heterocycles. The first-order valence-electron chi connectivity index (χ1n) is 7.36. The number of hydrogen-bond acceptors (Lipinski definition) is 6. The summed E-state index contributed by atoms with van der Waals surface area (Å²) in [6, 6.07) is 2.34. The molecule has 0 spiro atoms. The number of carbonyl (C=O) groups is 3. The molecule has 1 aromatic rings. The molecule has 24 heavy (non-hydrogen) atoms. The standard InChI is InChI=1S/C16H22N2O6/c1-6-17-16(21)18-14(19)10(3)24-15(20)11-7-12(22-4)9(2)13(8-11)23-5/h7-8,10H,6H2,1-5H3,(H2,17,18,19,21)/t10-/m1/s1. The van der Waals surface area contributed by atoms with Crippen LogP contribution in [-0.2, 0) is 9.53 Å². The second kappa shape index (κ2) is 8.76. The third kappa shape index (κ3) is 4.87. The third-order valence-corrected chi connectivity index (χ3v) is 3.22. The summed E-state index contributed by atoms with van der Waals surface area (Å²) in [6.07, 6.45) is -1.14. The van der Waals surface area contributed by atoms with Gasteiger partial charge in [-0.3, -0.25) is 10.1 Å². The van der Waals surface area contributed by atoms with Crippen LogP contribution in [0.5, 0.6) is 11.5 Å². The number of amides is 3. The van der Waals surface area contributed by atoms with E-state index in [0.29, 0.717) is 18.0 Å². The van der Waals surface area contributed by atoms with Crippen LogP contribution in [0.1, 0.15) is 29.8 Å². The highest BCUT2D eigenvalue weighted by Crippen LogP contribution is 2.29. The van der Waals surface area contributed by atoms with Gasteiger partial charge in [0.25, 0.3) is 5.91 Å². The molecule has 8 nitrogen and oxygen atoms in total. The Morgan fingerprint density at radius 3 is 2.12 bits per heavy atom. The average molecular weight is 338 g/mol. The topological polar surface area (TPSA) is 103 Å². The Morgan fingerprint density at radius 2 is 1.67 bits per heavy atom. The van der Waals surface area contributed by atoms with Crippen molar-refractivity contribution in [2.45, 2.75) is 26.9 Å². The third-order valence-electron chi connectivity index (χ3n) is 3.22. The minimum atomic E-state index is -1.14. The van der Waals surface area contributed by atoms with Gasteiger partial charge < -0.3 is 19.5 Å². The fourth-order valence-electron chi connectivity index (χ4n) is 1.90. The highest BCUT2D eigenvalue weighted by molar-refractivity contribution is 5.98. The number of nitrogens with one attached hydrogen (secondary N) is 2. The fraction of sp³-hybridized carbons (Fsp3) is 0.438. The van der Waals surface area contributed by atoms with Gasteiger partial charge in [-0.1, -0.05) is 0 Å². The van der Waals surface area contributed by atoms with E-state index < -0.39 is 24.0 Å². The number of imide groups is 1. The van der Waals surface area contributed by atoms with E-state index in [0.717, 1.165) is 5.56 Å². The van der Waals surface area contributed by atoms with Crippen LogP contribution < -0.4 is 20.1 Å². The van der Waals surface area contributed by atoms with E-state index in [1.54, 1.807) is 13.8 Å². The average Bonchev–Trinajstić information content (AvgIpc) is 2.54. The predicted molar refractivity (Wildman–Crippen MR) is 86.4 cm³/mol. The Hall–Kier alpha value is -2.77. The summed E-state index contributed by atoms with van der Waals surface area (Å²) in [4.78, 5) is 35.3. The van der Waals surface area contributed by atoms with Gasteiger partial charge in [-0.25, -0.2) is 9.59 Å². The van der Waals surface area contributed by atoms with E-state index in [-0.39, 0.29) is 5.56 Å². The van der Waals surface area contributed by atoms with Gasteiger partial charge in [0.15, 0.2) is 6.10 Å². The fourth-order valence-corrected chi connectivity index (χ4v) is 1.90. The first kappa shape index (κ1) is 19.3. The van der Waals surface area contributed by atoms with Crippen molar-refractivity contribution in [1.82, 2.24) is 10.6 Å². The number of benzene rings is 1. The smallest absolute Gasteiger partial charge is 0.339 e. The molecular formula is C16H22N2O6. The molecular weight excluding hydrogens is 316 g/mol. The van der Waals surface area contributed by atoms with E-state index in [2.05, 4.69) is 10.6 Å². The Bertz CT molecular complexity index is 604. The summed E-state index contributed by atoms with van der Waals surface area (Å²) in [5.41, 5.74) is 0.908. The molecule has 0 aliphatic rings. The van der Waals surface area contributed by atoms with Crippen molar-refractivity contribution in [3.63, 3.8) is 0 Å². The van der Waals surface area contributed by atoms with Gasteiger partial charge in [-0.15, -0.1) is 0 Å². The van der Waals surface area contributed by atoms with E-state index in [9.17, 15) is 14.4 Å². The zero-order valence-corrected chi connectivity index (χ0v) is 14.4. The van der Waals surface area contributed by atoms with Crippen molar-refractivity contribution >= 4 is 17.9 Å². The first-order chi connectivity index (χ1) is 11.3.